The van der Waals surface area contributed by atoms with E-state index in [1.54, 1.807) is 12.1 Å². The predicted octanol–water partition coefficient (Wildman–Crippen LogP) is 2.44. The summed E-state index contributed by atoms with van der Waals surface area (Å²) < 4.78 is 0. The number of rotatable bonds is 2. The minimum Gasteiger partial charge on any atom is -0.363 e. The Morgan fingerprint density at radius 2 is 2.26 bits per heavy atom. The van der Waals surface area contributed by atoms with Gasteiger partial charge in [-0.1, -0.05) is 17.7 Å². The highest BCUT2D eigenvalue weighted by molar-refractivity contribution is 6.33. The Morgan fingerprint density at radius 3 is 3.00 bits per heavy atom. The molecule has 6 heteroatoms. The summed E-state index contributed by atoms with van der Waals surface area (Å²) in [7, 11) is 0. The van der Waals surface area contributed by atoms with Crippen LogP contribution in [0.15, 0.2) is 18.2 Å². The molecule has 2 atom stereocenters. The van der Waals surface area contributed by atoms with Crippen LogP contribution in [0.25, 0.3) is 0 Å². The van der Waals surface area contributed by atoms with Gasteiger partial charge in [0.25, 0.3) is 5.69 Å². The number of halogens is 1. The van der Waals surface area contributed by atoms with Gasteiger partial charge in [0.05, 0.1) is 9.95 Å². The zero-order valence-corrected chi connectivity index (χ0v) is 11.3. The quantitative estimate of drug-likeness (QED) is 0.668. The van der Waals surface area contributed by atoms with Crippen molar-refractivity contribution in [3.63, 3.8) is 0 Å². The lowest BCUT2D eigenvalue weighted by atomic mass is 9.94. The maximum absolute atomic E-state index is 11.1. The fourth-order valence-electron chi connectivity index (χ4n) is 3.19. The molecule has 0 aromatic heterocycles. The Kier molecular flexibility index (Phi) is 3.33. The van der Waals surface area contributed by atoms with Crippen molar-refractivity contribution in [3.05, 3.63) is 33.3 Å². The van der Waals surface area contributed by atoms with Crippen molar-refractivity contribution in [3.8, 4) is 0 Å². The topological polar surface area (TPSA) is 58.4 Å². The van der Waals surface area contributed by atoms with Crippen LogP contribution in [0.5, 0.6) is 0 Å². The van der Waals surface area contributed by atoms with E-state index in [0.29, 0.717) is 22.7 Å². The van der Waals surface area contributed by atoms with Gasteiger partial charge >= 0.3 is 0 Å². The van der Waals surface area contributed by atoms with E-state index >= 15 is 0 Å². The SMILES string of the molecule is O=[N+]([O-])c1cccc(Cl)c1N1C[C@@H]2CCCN[C@@H]2C1. The first-order chi connectivity index (χ1) is 9.16. The van der Waals surface area contributed by atoms with Crippen LogP contribution in [-0.4, -0.2) is 30.6 Å². The van der Waals surface area contributed by atoms with Crippen LogP contribution in [0.3, 0.4) is 0 Å². The van der Waals surface area contributed by atoms with Crippen molar-refractivity contribution in [2.75, 3.05) is 24.5 Å². The molecule has 19 heavy (non-hydrogen) atoms. The van der Waals surface area contributed by atoms with Crippen LogP contribution in [0.4, 0.5) is 11.4 Å². The first kappa shape index (κ1) is 12.7. The third kappa shape index (κ3) is 2.28. The van der Waals surface area contributed by atoms with Gasteiger partial charge in [-0.15, -0.1) is 0 Å². The molecule has 2 aliphatic heterocycles. The zero-order valence-electron chi connectivity index (χ0n) is 10.5. The number of anilines is 1. The average molecular weight is 282 g/mol. The van der Waals surface area contributed by atoms with E-state index in [0.717, 1.165) is 19.6 Å². The summed E-state index contributed by atoms with van der Waals surface area (Å²) in [5, 5.41) is 15.1. The van der Waals surface area contributed by atoms with Crippen molar-refractivity contribution in [2.45, 2.75) is 18.9 Å². The Labute approximate surface area is 116 Å². The molecule has 5 nitrogen and oxygen atoms in total. The first-order valence-corrected chi connectivity index (χ1v) is 6.96. The molecule has 2 aliphatic rings. The molecule has 0 radical (unpaired) electrons. The Balaban J connectivity index is 1.92. The summed E-state index contributed by atoms with van der Waals surface area (Å²) in [6.07, 6.45) is 2.37. The third-order valence-electron chi connectivity index (χ3n) is 4.08. The van der Waals surface area contributed by atoms with Gasteiger partial charge in [0, 0.05) is 25.2 Å². The lowest BCUT2D eigenvalue weighted by molar-refractivity contribution is -0.384. The summed E-state index contributed by atoms with van der Waals surface area (Å²) in [4.78, 5) is 12.9. The summed E-state index contributed by atoms with van der Waals surface area (Å²) in [6.45, 7) is 2.69. The van der Waals surface area contributed by atoms with Gasteiger partial charge in [-0.05, 0) is 31.4 Å². The minimum absolute atomic E-state index is 0.103. The van der Waals surface area contributed by atoms with E-state index in [1.165, 1.54) is 18.9 Å². The van der Waals surface area contributed by atoms with Gasteiger partial charge in [-0.3, -0.25) is 10.1 Å². The number of hydrogen-bond donors (Lipinski definition) is 1. The van der Waals surface area contributed by atoms with E-state index in [4.69, 9.17) is 11.6 Å². The van der Waals surface area contributed by atoms with E-state index in [2.05, 4.69) is 10.2 Å². The molecule has 0 spiro atoms. The second kappa shape index (κ2) is 4.98. The highest BCUT2D eigenvalue weighted by Gasteiger charge is 2.37. The zero-order chi connectivity index (χ0) is 13.4. The van der Waals surface area contributed by atoms with E-state index in [9.17, 15) is 10.1 Å². The largest absolute Gasteiger partial charge is 0.363 e. The average Bonchev–Trinajstić information content (AvgIpc) is 2.81. The highest BCUT2D eigenvalue weighted by Crippen LogP contribution is 2.39. The van der Waals surface area contributed by atoms with Crippen LogP contribution in [0.1, 0.15) is 12.8 Å². The van der Waals surface area contributed by atoms with Gasteiger partial charge in [0.15, 0.2) is 0 Å². The normalized spacial score (nSPS) is 26.3. The van der Waals surface area contributed by atoms with Crippen LogP contribution in [0.2, 0.25) is 5.02 Å². The van der Waals surface area contributed by atoms with Crippen LogP contribution < -0.4 is 10.2 Å². The number of fused-ring (bicyclic) bond motifs is 1. The fourth-order valence-corrected chi connectivity index (χ4v) is 3.48. The number of para-hydroxylation sites is 1. The molecule has 0 unspecified atom stereocenters. The Hall–Kier alpha value is -1.33. The van der Waals surface area contributed by atoms with Gasteiger partial charge in [-0.25, -0.2) is 0 Å². The molecule has 1 aromatic rings. The van der Waals surface area contributed by atoms with Crippen molar-refractivity contribution >= 4 is 23.0 Å². The van der Waals surface area contributed by atoms with Crippen molar-refractivity contribution < 1.29 is 4.92 Å². The third-order valence-corrected chi connectivity index (χ3v) is 4.38. The Morgan fingerprint density at radius 1 is 1.42 bits per heavy atom. The number of nitrogens with zero attached hydrogens (tertiary/aromatic N) is 2. The lowest BCUT2D eigenvalue weighted by Crippen LogP contribution is -2.40. The second-order valence-corrected chi connectivity index (χ2v) is 5.64. The van der Waals surface area contributed by atoms with Gasteiger partial charge in [0.1, 0.15) is 5.69 Å². The van der Waals surface area contributed by atoms with Crippen LogP contribution in [-0.2, 0) is 0 Å². The number of nitrogens with one attached hydrogen (secondary N) is 1. The number of benzene rings is 1. The molecule has 0 saturated carbocycles. The Bertz CT molecular complexity index is 495. The predicted molar refractivity (Wildman–Crippen MR) is 74.8 cm³/mol. The molecule has 0 bridgehead atoms. The molecule has 0 aliphatic carbocycles. The summed E-state index contributed by atoms with van der Waals surface area (Å²) >= 11 is 6.18. The van der Waals surface area contributed by atoms with Crippen molar-refractivity contribution in [1.29, 1.82) is 0 Å². The molecule has 2 fully saturated rings. The number of nitro benzene ring substituents is 1. The van der Waals surface area contributed by atoms with E-state index < -0.39 is 0 Å². The van der Waals surface area contributed by atoms with Gasteiger partial charge < -0.3 is 10.2 Å². The maximum atomic E-state index is 11.1. The molecule has 1 aromatic carbocycles. The maximum Gasteiger partial charge on any atom is 0.294 e. The summed E-state index contributed by atoms with van der Waals surface area (Å²) in [5.74, 6) is 0.574. The molecule has 102 valence electrons. The van der Waals surface area contributed by atoms with Crippen molar-refractivity contribution in [2.24, 2.45) is 5.92 Å². The van der Waals surface area contributed by atoms with Crippen LogP contribution >= 0.6 is 11.6 Å². The second-order valence-electron chi connectivity index (χ2n) is 5.23. The lowest BCUT2D eigenvalue weighted by Gasteiger charge is -2.24. The monoisotopic (exact) mass is 281 g/mol. The molecular weight excluding hydrogens is 266 g/mol. The molecule has 0 amide bonds. The molecule has 2 heterocycles. The highest BCUT2D eigenvalue weighted by atomic mass is 35.5. The van der Waals surface area contributed by atoms with Crippen LogP contribution in [0, 0.1) is 16.0 Å². The standard InChI is InChI=1S/C13H16ClN3O2/c14-10-4-1-5-12(17(18)19)13(10)16-7-9-3-2-6-15-11(9)8-16/h1,4-5,9,11,15H,2-3,6-8H2/t9-,11+/m0/s1. The van der Waals surface area contributed by atoms with Gasteiger partial charge in [-0.2, -0.15) is 0 Å². The number of piperidine rings is 1. The molecule has 1 N–H and O–H groups in total. The number of hydrogen-bond acceptors (Lipinski definition) is 4. The molecule has 3 rings (SSSR count). The minimum atomic E-state index is -0.351. The van der Waals surface area contributed by atoms with Crippen molar-refractivity contribution in [1.82, 2.24) is 5.32 Å². The fraction of sp³-hybridized carbons (Fsp3) is 0.538. The molecule has 2 saturated heterocycles. The van der Waals surface area contributed by atoms with E-state index in [1.807, 2.05) is 0 Å². The first-order valence-electron chi connectivity index (χ1n) is 6.58. The summed E-state index contributed by atoms with van der Waals surface area (Å²) in [6, 6.07) is 5.31. The van der Waals surface area contributed by atoms with Gasteiger partial charge in [0.2, 0.25) is 0 Å². The molecular formula is C13H16ClN3O2. The van der Waals surface area contributed by atoms with E-state index in [-0.39, 0.29) is 10.6 Å². The summed E-state index contributed by atoms with van der Waals surface area (Å²) in [5.41, 5.74) is 0.677. The smallest absolute Gasteiger partial charge is 0.294 e. The number of nitro groups is 1.